The molecule has 0 radical (unpaired) electrons. The van der Waals surface area contributed by atoms with Gasteiger partial charge in [-0.25, -0.2) is 4.98 Å². The van der Waals surface area contributed by atoms with Gasteiger partial charge >= 0.3 is 0 Å². The quantitative estimate of drug-likeness (QED) is 0.680. The van der Waals surface area contributed by atoms with Crippen molar-refractivity contribution in [1.82, 2.24) is 19.7 Å². The number of ether oxygens (including phenoxy) is 1. The molecule has 3 aromatic rings. The number of aromatic nitrogens is 3. The highest BCUT2D eigenvalue weighted by Crippen LogP contribution is 2.28. The van der Waals surface area contributed by atoms with E-state index in [1.165, 1.54) is 0 Å². The average Bonchev–Trinajstić information content (AvgIpc) is 3.37. The highest BCUT2D eigenvalue weighted by molar-refractivity contribution is 5.92. The van der Waals surface area contributed by atoms with E-state index in [2.05, 4.69) is 10.1 Å². The number of piperidine rings is 1. The van der Waals surface area contributed by atoms with E-state index < -0.39 is 0 Å². The van der Waals surface area contributed by atoms with Gasteiger partial charge in [0.1, 0.15) is 17.2 Å². The fourth-order valence-corrected chi connectivity index (χ4v) is 3.69. The molecule has 0 unspecified atom stereocenters. The van der Waals surface area contributed by atoms with Crippen molar-refractivity contribution >= 4 is 5.91 Å². The summed E-state index contributed by atoms with van der Waals surface area (Å²) in [7, 11) is 3.45. The van der Waals surface area contributed by atoms with E-state index in [-0.39, 0.29) is 11.8 Å². The van der Waals surface area contributed by atoms with E-state index in [0.717, 1.165) is 36.5 Å². The molecular weight excluding hydrogens is 356 g/mol. The number of benzene rings is 1. The lowest BCUT2D eigenvalue weighted by atomic mass is 9.97. The molecule has 4 rings (SSSR count). The number of aryl methyl sites for hydroxylation is 1. The van der Waals surface area contributed by atoms with Gasteiger partial charge in [0.15, 0.2) is 5.89 Å². The predicted octanol–water partition coefficient (Wildman–Crippen LogP) is 3.03. The van der Waals surface area contributed by atoms with Crippen LogP contribution in [-0.2, 0) is 13.5 Å². The van der Waals surface area contributed by atoms with Gasteiger partial charge in [0.2, 0.25) is 0 Å². The lowest BCUT2D eigenvalue weighted by molar-refractivity contribution is 0.0686. The summed E-state index contributed by atoms with van der Waals surface area (Å²) in [6.45, 7) is 1.36. The van der Waals surface area contributed by atoms with Crippen LogP contribution in [0.15, 0.2) is 47.1 Å². The fourth-order valence-electron chi connectivity index (χ4n) is 3.69. The first kappa shape index (κ1) is 18.3. The van der Waals surface area contributed by atoms with Crippen molar-refractivity contribution < 1.29 is 13.9 Å². The van der Waals surface area contributed by atoms with Crippen molar-refractivity contribution in [2.45, 2.75) is 25.2 Å². The van der Waals surface area contributed by atoms with Gasteiger partial charge in [-0.3, -0.25) is 9.48 Å². The molecular formula is C21H24N4O3. The van der Waals surface area contributed by atoms with Crippen molar-refractivity contribution in [3.05, 3.63) is 65.6 Å². The maximum Gasteiger partial charge on any atom is 0.272 e. The van der Waals surface area contributed by atoms with Crippen molar-refractivity contribution in [2.24, 2.45) is 7.05 Å². The number of hydrogen-bond acceptors (Lipinski definition) is 5. The van der Waals surface area contributed by atoms with Crippen molar-refractivity contribution in [1.29, 1.82) is 0 Å². The molecule has 28 heavy (non-hydrogen) atoms. The first-order valence-electron chi connectivity index (χ1n) is 9.49. The zero-order valence-electron chi connectivity index (χ0n) is 16.2. The van der Waals surface area contributed by atoms with Crippen LogP contribution in [0.4, 0.5) is 0 Å². The molecule has 0 N–H and O–H groups in total. The van der Waals surface area contributed by atoms with Gasteiger partial charge in [0, 0.05) is 32.8 Å². The smallest absolute Gasteiger partial charge is 0.272 e. The molecule has 1 aliphatic rings. The Hall–Kier alpha value is -3.09. The summed E-state index contributed by atoms with van der Waals surface area (Å²) in [5.41, 5.74) is 1.71. The minimum atomic E-state index is 0.00728. The normalized spacial score (nSPS) is 16.9. The molecule has 1 saturated heterocycles. The molecule has 1 fully saturated rings. The van der Waals surface area contributed by atoms with Crippen LogP contribution in [0.3, 0.4) is 0 Å². The maximum atomic E-state index is 12.8. The minimum absolute atomic E-state index is 0.00728. The number of carbonyl (C=O) groups is 1. The Balaban J connectivity index is 1.44. The number of carbonyl (C=O) groups excluding carboxylic acids is 1. The summed E-state index contributed by atoms with van der Waals surface area (Å²) >= 11 is 0. The van der Waals surface area contributed by atoms with Gasteiger partial charge in [0.05, 0.1) is 19.2 Å². The molecule has 2 aromatic heterocycles. The second-order valence-corrected chi connectivity index (χ2v) is 7.12. The van der Waals surface area contributed by atoms with Crippen LogP contribution in [0.1, 0.15) is 46.5 Å². The minimum Gasteiger partial charge on any atom is -0.497 e. The van der Waals surface area contributed by atoms with E-state index in [1.54, 1.807) is 37.3 Å². The van der Waals surface area contributed by atoms with Crippen LogP contribution in [0, 0.1) is 0 Å². The molecule has 1 aromatic carbocycles. The zero-order chi connectivity index (χ0) is 19.5. The molecule has 7 nitrogen and oxygen atoms in total. The third kappa shape index (κ3) is 3.78. The Morgan fingerprint density at radius 1 is 1.36 bits per heavy atom. The topological polar surface area (TPSA) is 73.4 Å². The van der Waals surface area contributed by atoms with Crippen molar-refractivity contribution in [3.63, 3.8) is 0 Å². The van der Waals surface area contributed by atoms with E-state index in [9.17, 15) is 4.79 Å². The molecule has 0 aliphatic carbocycles. The van der Waals surface area contributed by atoms with Crippen LogP contribution in [0.5, 0.6) is 5.75 Å². The van der Waals surface area contributed by atoms with Crippen LogP contribution < -0.4 is 4.74 Å². The lowest BCUT2D eigenvalue weighted by Crippen LogP contribution is -2.40. The molecule has 1 aliphatic heterocycles. The Morgan fingerprint density at radius 3 is 3.04 bits per heavy atom. The van der Waals surface area contributed by atoms with Gasteiger partial charge in [-0.2, -0.15) is 5.10 Å². The number of nitrogens with zero attached hydrogens (tertiary/aromatic N) is 4. The number of hydrogen-bond donors (Lipinski definition) is 0. The Morgan fingerprint density at radius 2 is 2.25 bits per heavy atom. The number of likely N-dealkylation sites (tertiary alicyclic amines) is 1. The standard InChI is InChI=1S/C21H24N4O3/c1-24-19(8-9-23-24)21(26)25-10-4-6-16(14-25)20-22-13-18(28-20)12-15-5-3-7-17(11-15)27-2/h3,5,7-9,11,13,16H,4,6,10,12,14H2,1-2H3/t16-/m1/s1. The number of rotatable bonds is 5. The summed E-state index contributed by atoms with van der Waals surface area (Å²) in [5, 5.41) is 4.09. The summed E-state index contributed by atoms with van der Waals surface area (Å²) in [5.74, 6) is 2.48. The van der Waals surface area contributed by atoms with Crippen molar-refractivity contribution in [3.8, 4) is 5.75 Å². The number of methoxy groups -OCH3 is 1. The zero-order valence-corrected chi connectivity index (χ0v) is 16.2. The van der Waals surface area contributed by atoms with Crippen molar-refractivity contribution in [2.75, 3.05) is 20.2 Å². The second-order valence-electron chi connectivity index (χ2n) is 7.12. The largest absolute Gasteiger partial charge is 0.497 e. The fraction of sp³-hybridized carbons (Fsp3) is 0.381. The first-order valence-corrected chi connectivity index (χ1v) is 9.49. The highest BCUT2D eigenvalue weighted by atomic mass is 16.5. The summed E-state index contributed by atoms with van der Waals surface area (Å²) in [4.78, 5) is 19.1. The first-order chi connectivity index (χ1) is 13.6. The van der Waals surface area contributed by atoms with E-state index in [0.29, 0.717) is 24.6 Å². The second kappa shape index (κ2) is 7.88. The molecule has 0 saturated carbocycles. The Bertz CT molecular complexity index is 962. The number of oxazole rings is 1. The Kier molecular flexibility index (Phi) is 5.14. The van der Waals surface area contributed by atoms with Gasteiger partial charge in [-0.05, 0) is 36.6 Å². The monoisotopic (exact) mass is 380 g/mol. The van der Waals surface area contributed by atoms with Crippen LogP contribution in [0.25, 0.3) is 0 Å². The van der Waals surface area contributed by atoms with Gasteiger partial charge in [-0.15, -0.1) is 0 Å². The Labute approximate surface area is 163 Å². The third-order valence-corrected chi connectivity index (χ3v) is 5.18. The summed E-state index contributed by atoms with van der Waals surface area (Å²) in [6.07, 6.45) is 6.00. The van der Waals surface area contributed by atoms with Gasteiger partial charge in [-0.1, -0.05) is 12.1 Å². The van der Waals surface area contributed by atoms with E-state index in [1.807, 2.05) is 29.2 Å². The summed E-state index contributed by atoms with van der Waals surface area (Å²) in [6, 6.07) is 9.68. The van der Waals surface area contributed by atoms with Crippen LogP contribution >= 0.6 is 0 Å². The molecule has 0 bridgehead atoms. The average molecular weight is 380 g/mol. The predicted molar refractivity (Wildman–Crippen MR) is 103 cm³/mol. The molecule has 1 atom stereocenters. The lowest BCUT2D eigenvalue weighted by Gasteiger charge is -2.31. The summed E-state index contributed by atoms with van der Waals surface area (Å²) < 4.78 is 12.9. The maximum absolute atomic E-state index is 12.8. The van der Waals surface area contributed by atoms with Crippen LogP contribution in [-0.4, -0.2) is 45.8 Å². The van der Waals surface area contributed by atoms with E-state index in [4.69, 9.17) is 9.15 Å². The van der Waals surface area contributed by atoms with E-state index >= 15 is 0 Å². The van der Waals surface area contributed by atoms with Gasteiger partial charge in [0.25, 0.3) is 5.91 Å². The molecule has 3 heterocycles. The number of amides is 1. The SMILES string of the molecule is COc1cccc(Cc2cnc([C@@H]3CCCN(C(=O)c4ccnn4C)C3)o2)c1. The third-order valence-electron chi connectivity index (χ3n) is 5.18. The molecule has 1 amide bonds. The highest BCUT2D eigenvalue weighted by Gasteiger charge is 2.29. The molecule has 146 valence electrons. The molecule has 0 spiro atoms. The van der Waals surface area contributed by atoms with Crippen LogP contribution in [0.2, 0.25) is 0 Å². The van der Waals surface area contributed by atoms with Gasteiger partial charge < -0.3 is 14.1 Å². The molecule has 7 heteroatoms.